The normalized spacial score (nSPS) is 12.4. The van der Waals surface area contributed by atoms with Crippen molar-refractivity contribution in [1.82, 2.24) is 0 Å². The molecule has 0 saturated heterocycles. The molecule has 0 aliphatic carbocycles. The van der Waals surface area contributed by atoms with Gasteiger partial charge in [-0.2, -0.15) is 0 Å². The van der Waals surface area contributed by atoms with Gasteiger partial charge in [0, 0.05) is 12.1 Å². The first kappa shape index (κ1) is 8.96. The highest BCUT2D eigenvalue weighted by Gasteiger charge is 2.11. The average molecular weight is 187 g/mol. The quantitative estimate of drug-likeness (QED) is 0.715. The van der Waals surface area contributed by atoms with Gasteiger partial charge in [0.05, 0.1) is 13.2 Å². The van der Waals surface area contributed by atoms with Crippen molar-refractivity contribution in [2.45, 2.75) is 13.3 Å². The van der Waals surface area contributed by atoms with Crippen molar-refractivity contribution in [3.05, 3.63) is 23.8 Å². The van der Waals surface area contributed by atoms with Crippen LogP contribution in [-0.2, 0) is 6.42 Å². The fraction of sp³-hybridized carbons (Fsp3) is 0.333. The van der Waals surface area contributed by atoms with E-state index in [-0.39, 0.29) is 0 Å². The second-order valence-electron chi connectivity index (χ2n) is 3.20. The van der Waals surface area contributed by atoms with Crippen molar-refractivity contribution in [1.29, 1.82) is 0 Å². The Hall–Kier alpha value is -1.62. The highest BCUT2D eigenvalue weighted by atomic mass is 16.5. The molecular formula is C12H13NO. The molecule has 0 bridgehead atoms. The van der Waals surface area contributed by atoms with Gasteiger partial charge in [0.1, 0.15) is 5.75 Å². The van der Waals surface area contributed by atoms with E-state index in [1.807, 2.05) is 19.1 Å². The molecule has 0 atom stereocenters. The van der Waals surface area contributed by atoms with Crippen LogP contribution in [0.3, 0.4) is 0 Å². The van der Waals surface area contributed by atoms with E-state index in [1.54, 1.807) is 0 Å². The first-order valence-electron chi connectivity index (χ1n) is 4.79. The second-order valence-corrected chi connectivity index (χ2v) is 3.20. The number of anilines is 1. The first-order valence-corrected chi connectivity index (χ1v) is 4.79. The van der Waals surface area contributed by atoms with Gasteiger partial charge in [-0.15, -0.1) is 5.92 Å². The molecule has 72 valence electrons. The van der Waals surface area contributed by atoms with Crippen LogP contribution >= 0.6 is 0 Å². The van der Waals surface area contributed by atoms with Gasteiger partial charge in [0.2, 0.25) is 0 Å². The van der Waals surface area contributed by atoms with Gasteiger partial charge >= 0.3 is 0 Å². The van der Waals surface area contributed by atoms with Gasteiger partial charge in [0.15, 0.2) is 0 Å². The Morgan fingerprint density at radius 3 is 3.29 bits per heavy atom. The molecule has 0 unspecified atom stereocenters. The van der Waals surface area contributed by atoms with Crippen molar-refractivity contribution in [2.24, 2.45) is 0 Å². The molecule has 1 N–H and O–H groups in total. The minimum absolute atomic E-state index is 0.705. The topological polar surface area (TPSA) is 21.3 Å². The molecule has 14 heavy (non-hydrogen) atoms. The highest BCUT2D eigenvalue weighted by molar-refractivity contribution is 5.52. The van der Waals surface area contributed by atoms with E-state index in [2.05, 4.69) is 23.2 Å². The fourth-order valence-corrected chi connectivity index (χ4v) is 1.53. The van der Waals surface area contributed by atoms with Crippen LogP contribution in [0.15, 0.2) is 18.2 Å². The van der Waals surface area contributed by atoms with E-state index < -0.39 is 0 Å². The number of fused-ring (bicyclic) bond motifs is 1. The number of ether oxygens (including phenoxy) is 1. The minimum atomic E-state index is 0.705. The van der Waals surface area contributed by atoms with Crippen molar-refractivity contribution in [3.63, 3.8) is 0 Å². The Kier molecular flexibility index (Phi) is 2.60. The number of rotatable bonds is 2. The van der Waals surface area contributed by atoms with Crippen molar-refractivity contribution in [3.8, 4) is 17.6 Å². The van der Waals surface area contributed by atoms with E-state index in [9.17, 15) is 0 Å². The Labute approximate surface area is 84.3 Å². The van der Waals surface area contributed by atoms with Gasteiger partial charge in [-0.1, -0.05) is 5.92 Å². The molecule has 0 spiro atoms. The molecular weight excluding hydrogens is 174 g/mol. The van der Waals surface area contributed by atoms with Gasteiger partial charge in [-0.3, -0.25) is 0 Å². The maximum Gasteiger partial charge on any atom is 0.122 e. The second kappa shape index (κ2) is 4.06. The predicted molar refractivity (Wildman–Crippen MR) is 57.6 cm³/mol. The third-order valence-corrected chi connectivity index (χ3v) is 2.25. The van der Waals surface area contributed by atoms with Crippen LogP contribution < -0.4 is 10.1 Å². The Bertz CT molecular complexity index is 387. The summed E-state index contributed by atoms with van der Waals surface area (Å²) in [6.45, 7) is 3.36. The maximum atomic E-state index is 5.42. The zero-order chi connectivity index (χ0) is 9.80. The summed E-state index contributed by atoms with van der Waals surface area (Å²) in [5.41, 5.74) is 2.41. The third kappa shape index (κ3) is 1.82. The SMILES string of the molecule is CC#CCNc1ccc2c(c1)CCO2. The summed E-state index contributed by atoms with van der Waals surface area (Å²) in [6, 6.07) is 6.19. The van der Waals surface area contributed by atoms with Gasteiger partial charge in [-0.05, 0) is 30.7 Å². The monoisotopic (exact) mass is 187 g/mol. The summed E-state index contributed by atoms with van der Waals surface area (Å²) in [4.78, 5) is 0. The Balaban J connectivity index is 2.07. The van der Waals surface area contributed by atoms with Crippen molar-refractivity contribution >= 4 is 5.69 Å². The number of hydrogen-bond donors (Lipinski definition) is 1. The van der Waals surface area contributed by atoms with Gasteiger partial charge in [0.25, 0.3) is 0 Å². The van der Waals surface area contributed by atoms with Gasteiger partial charge < -0.3 is 10.1 Å². The molecule has 1 heterocycles. The highest BCUT2D eigenvalue weighted by Crippen LogP contribution is 2.27. The summed E-state index contributed by atoms with van der Waals surface area (Å²) in [6.07, 6.45) is 1.02. The molecule has 1 aliphatic heterocycles. The predicted octanol–water partition coefficient (Wildman–Crippen LogP) is 2.06. The molecule has 0 amide bonds. The summed E-state index contributed by atoms with van der Waals surface area (Å²) in [5.74, 6) is 6.85. The van der Waals surface area contributed by atoms with Crippen LogP contribution in [0.5, 0.6) is 5.75 Å². The Morgan fingerprint density at radius 2 is 2.43 bits per heavy atom. The van der Waals surface area contributed by atoms with E-state index in [4.69, 9.17) is 4.74 Å². The maximum absolute atomic E-state index is 5.42. The molecule has 2 nitrogen and oxygen atoms in total. The zero-order valence-electron chi connectivity index (χ0n) is 8.26. The Morgan fingerprint density at radius 1 is 1.50 bits per heavy atom. The first-order chi connectivity index (χ1) is 6.90. The minimum Gasteiger partial charge on any atom is -0.493 e. The van der Waals surface area contributed by atoms with Crippen LogP contribution in [0.1, 0.15) is 12.5 Å². The summed E-state index contributed by atoms with van der Waals surface area (Å²) < 4.78 is 5.42. The van der Waals surface area contributed by atoms with Crippen LogP contribution in [-0.4, -0.2) is 13.2 Å². The smallest absolute Gasteiger partial charge is 0.122 e. The zero-order valence-corrected chi connectivity index (χ0v) is 8.26. The van der Waals surface area contributed by atoms with E-state index in [1.165, 1.54) is 5.56 Å². The fourth-order valence-electron chi connectivity index (χ4n) is 1.53. The molecule has 0 radical (unpaired) electrons. The lowest BCUT2D eigenvalue weighted by Crippen LogP contribution is -1.98. The lowest BCUT2D eigenvalue weighted by molar-refractivity contribution is 0.357. The van der Waals surface area contributed by atoms with E-state index >= 15 is 0 Å². The number of nitrogens with one attached hydrogen (secondary N) is 1. The number of benzene rings is 1. The number of hydrogen-bond acceptors (Lipinski definition) is 2. The molecule has 0 fully saturated rings. The van der Waals surface area contributed by atoms with Crippen molar-refractivity contribution in [2.75, 3.05) is 18.5 Å². The molecule has 0 saturated carbocycles. The summed E-state index contributed by atoms with van der Waals surface area (Å²) in [5, 5.41) is 3.25. The largest absolute Gasteiger partial charge is 0.493 e. The van der Waals surface area contributed by atoms with Crippen LogP contribution in [0, 0.1) is 11.8 Å². The third-order valence-electron chi connectivity index (χ3n) is 2.25. The van der Waals surface area contributed by atoms with E-state index in [0.717, 1.165) is 24.5 Å². The van der Waals surface area contributed by atoms with Crippen LogP contribution in [0.4, 0.5) is 5.69 Å². The standard InChI is InChI=1S/C12H13NO/c1-2-3-7-13-11-4-5-12-10(9-11)6-8-14-12/h4-5,9,13H,6-8H2,1H3. The van der Waals surface area contributed by atoms with E-state index in [0.29, 0.717) is 6.54 Å². The molecule has 1 aromatic rings. The van der Waals surface area contributed by atoms with Gasteiger partial charge in [-0.25, -0.2) is 0 Å². The molecule has 2 heteroatoms. The molecule has 0 aromatic heterocycles. The lowest BCUT2D eigenvalue weighted by Gasteiger charge is -2.04. The van der Waals surface area contributed by atoms with Crippen molar-refractivity contribution < 1.29 is 4.74 Å². The average Bonchev–Trinajstić information content (AvgIpc) is 2.65. The van der Waals surface area contributed by atoms with Crippen LogP contribution in [0.2, 0.25) is 0 Å². The summed E-state index contributed by atoms with van der Waals surface area (Å²) in [7, 11) is 0. The summed E-state index contributed by atoms with van der Waals surface area (Å²) >= 11 is 0. The molecule has 1 aromatic carbocycles. The molecule has 2 rings (SSSR count). The molecule has 1 aliphatic rings. The van der Waals surface area contributed by atoms with Crippen LogP contribution in [0.25, 0.3) is 0 Å². The lowest BCUT2D eigenvalue weighted by atomic mass is 10.1.